The van der Waals surface area contributed by atoms with E-state index in [1.165, 1.54) is 11.1 Å². The smallest absolute Gasteiger partial charge is 0.324 e. The summed E-state index contributed by atoms with van der Waals surface area (Å²) in [5.41, 5.74) is 10.9. The van der Waals surface area contributed by atoms with Crippen LogP contribution >= 0.6 is 0 Å². The molecule has 6 bridgehead atoms. The minimum absolute atomic E-state index is 0.0279. The molecule has 3 fully saturated rings. The quantitative estimate of drug-likeness (QED) is 0.0987. The Kier molecular flexibility index (Phi) is 15.4. The number of rotatable bonds is 10. The maximum atomic E-state index is 14.3. The zero-order valence-corrected chi connectivity index (χ0v) is 41.6. The lowest BCUT2D eigenvalue weighted by Crippen LogP contribution is -2.61. The van der Waals surface area contributed by atoms with Crippen molar-refractivity contribution in [3.8, 4) is 22.4 Å². The number of carbonyl (C=O) groups is 5. The number of aryl methyl sites for hydroxylation is 1. The number of hydrazine groups is 1. The van der Waals surface area contributed by atoms with Crippen molar-refractivity contribution in [2.45, 2.75) is 111 Å². The summed E-state index contributed by atoms with van der Waals surface area (Å²) in [6.07, 6.45) is 5.98. The zero-order valence-electron chi connectivity index (χ0n) is 41.6. The average molecular weight is 930 g/mol. The minimum atomic E-state index is -0.859. The standard InChI is InChI=1S/C44H58N6O5.C10H13NO2/c1-10-49-37-19-18-31-24-33(37)34(40(49)32-16-12-20-45-38(32)28(4)54-9)25-44(5,6)26-55-43(53)35-17-13-21-50(47-35)42(52)36(23-29-14-11-15-30(31)22-29)46-41(51)39(27(2)3)48(7)8;1-3-8(13)11-4-7(5-12)9-6(2)10(9)11/h11-12,14-16,18-20,22,24,27-28,35-36,39,47H,10,13,17,21,23,25-26H2,1-9H3,(H,46,51);3,5-7,9-10H,1,4H2,2H3/t28?,35-,36?,39?;/m0./s1. The number of fused-ring (bicyclic) bond motifs is 7. The van der Waals surface area contributed by atoms with Crippen molar-refractivity contribution < 1.29 is 33.4 Å². The summed E-state index contributed by atoms with van der Waals surface area (Å²) in [6.45, 7) is 19.9. The molecule has 2 N–H and O–H groups in total. The molecule has 8 atom stereocenters. The molecule has 4 aromatic rings. The first-order valence-corrected chi connectivity index (χ1v) is 24.2. The van der Waals surface area contributed by atoms with E-state index in [9.17, 15) is 24.0 Å². The van der Waals surface area contributed by atoms with E-state index in [4.69, 9.17) is 14.5 Å². The molecule has 0 spiro atoms. The van der Waals surface area contributed by atoms with Crippen LogP contribution in [0.4, 0.5) is 0 Å². The van der Waals surface area contributed by atoms with E-state index in [0.29, 0.717) is 50.2 Å². The van der Waals surface area contributed by atoms with E-state index in [-0.39, 0.29) is 48.7 Å². The number of nitrogens with one attached hydrogen (secondary N) is 2. The Hall–Kier alpha value is -5.70. The largest absolute Gasteiger partial charge is 0.464 e. The number of amides is 3. The molecule has 0 radical (unpaired) electrons. The van der Waals surface area contributed by atoms with Gasteiger partial charge in [-0.15, -0.1) is 0 Å². The summed E-state index contributed by atoms with van der Waals surface area (Å²) < 4.78 is 14.2. The van der Waals surface area contributed by atoms with Crippen LogP contribution in [0.3, 0.4) is 0 Å². The number of pyridine rings is 1. The van der Waals surface area contributed by atoms with Crippen LogP contribution in [0.25, 0.3) is 33.3 Å². The van der Waals surface area contributed by atoms with Gasteiger partial charge >= 0.3 is 5.97 Å². The van der Waals surface area contributed by atoms with Crippen LogP contribution in [0.1, 0.15) is 84.2 Å². The van der Waals surface area contributed by atoms with Gasteiger partial charge in [0.2, 0.25) is 11.8 Å². The van der Waals surface area contributed by atoms with Gasteiger partial charge in [0.1, 0.15) is 18.4 Å². The molecule has 1 aliphatic carbocycles. The summed E-state index contributed by atoms with van der Waals surface area (Å²) >= 11 is 0. The first kappa shape index (κ1) is 50.2. The molecule has 3 aliphatic heterocycles. The first-order valence-electron chi connectivity index (χ1n) is 24.2. The van der Waals surface area contributed by atoms with Crippen LogP contribution in [0, 0.1) is 29.1 Å². The van der Waals surface area contributed by atoms with Crippen molar-refractivity contribution in [3.63, 3.8) is 0 Å². The number of benzene rings is 2. The third-order valence-electron chi connectivity index (χ3n) is 14.4. The molecule has 3 amide bonds. The average Bonchev–Trinajstić information content (AvgIpc) is 3.66. The maximum Gasteiger partial charge on any atom is 0.324 e. The Balaban J connectivity index is 0.000000450. The summed E-state index contributed by atoms with van der Waals surface area (Å²) in [4.78, 5) is 72.3. The van der Waals surface area contributed by atoms with Gasteiger partial charge in [0.05, 0.1) is 30.1 Å². The van der Waals surface area contributed by atoms with Gasteiger partial charge in [0.15, 0.2) is 0 Å². The van der Waals surface area contributed by atoms with Crippen molar-refractivity contribution in [3.05, 3.63) is 90.3 Å². The predicted octanol–water partition coefficient (Wildman–Crippen LogP) is 6.80. The molecule has 68 heavy (non-hydrogen) atoms. The fourth-order valence-corrected chi connectivity index (χ4v) is 10.9. The molecule has 7 unspecified atom stereocenters. The summed E-state index contributed by atoms with van der Waals surface area (Å²) in [6, 6.07) is 17.3. The van der Waals surface area contributed by atoms with E-state index in [2.05, 4.69) is 86.0 Å². The van der Waals surface area contributed by atoms with Crippen molar-refractivity contribution >= 4 is 40.9 Å². The number of hydrogen-bond donors (Lipinski definition) is 2. The van der Waals surface area contributed by atoms with Crippen LogP contribution in [0.15, 0.2) is 73.4 Å². The highest BCUT2D eigenvalue weighted by Gasteiger charge is 2.60. The van der Waals surface area contributed by atoms with Gasteiger partial charge in [-0.1, -0.05) is 71.5 Å². The number of aldehydes is 1. The number of ether oxygens (including phenoxy) is 2. The van der Waals surface area contributed by atoms with Crippen LogP contribution in [0.2, 0.25) is 0 Å². The molecule has 2 aromatic heterocycles. The fourth-order valence-electron chi connectivity index (χ4n) is 10.9. The summed E-state index contributed by atoms with van der Waals surface area (Å²) in [5, 5.41) is 5.73. The molecular weight excluding hydrogens is 859 g/mol. The van der Waals surface area contributed by atoms with E-state index in [1.54, 1.807) is 12.0 Å². The van der Waals surface area contributed by atoms with Crippen LogP contribution in [-0.2, 0) is 52.8 Å². The van der Waals surface area contributed by atoms with Crippen LogP contribution in [-0.4, -0.2) is 119 Å². The molecule has 1 saturated carbocycles. The molecule has 14 nitrogen and oxygen atoms in total. The zero-order chi connectivity index (χ0) is 49.2. The van der Waals surface area contributed by atoms with Gasteiger partial charge in [-0.25, -0.2) is 5.43 Å². The number of piperidine rings is 1. The SMILES string of the molecule is C=CC(=O)N1CC(C=O)C2C(C)C21.CCn1c(-c2cccnc2C(C)OC)c2c3cc(ccc31)-c1cccc(c1)CC(NC(=O)C(C(C)C)N(C)C)C(=O)N1CCC[C@H](N1)C(=O)OCC(C)(C)C2. The fraction of sp³-hybridized carbons (Fsp3) is 0.519. The number of carbonyl (C=O) groups excluding carboxylic acids is 5. The molecule has 14 heteroatoms. The molecule has 4 aliphatic rings. The van der Waals surface area contributed by atoms with E-state index in [0.717, 1.165) is 62.9 Å². The van der Waals surface area contributed by atoms with Gasteiger partial charge in [-0.05, 0) is 118 Å². The Labute approximate surface area is 401 Å². The second-order valence-corrected chi connectivity index (χ2v) is 20.4. The van der Waals surface area contributed by atoms with Gasteiger partial charge in [0, 0.05) is 73.2 Å². The van der Waals surface area contributed by atoms with Crippen molar-refractivity contribution in [2.24, 2.45) is 29.1 Å². The third-order valence-corrected chi connectivity index (χ3v) is 14.4. The molecule has 2 aromatic carbocycles. The van der Waals surface area contributed by atoms with Gasteiger partial charge in [-0.3, -0.25) is 34.1 Å². The minimum Gasteiger partial charge on any atom is -0.464 e. The second-order valence-electron chi connectivity index (χ2n) is 20.4. The second kappa shape index (κ2) is 20.9. The molecular formula is C54H71N7O7. The lowest BCUT2D eigenvalue weighted by Gasteiger charge is -2.36. The molecule has 364 valence electrons. The first-order chi connectivity index (χ1) is 32.4. The number of cyclic esters (lactones) is 1. The molecule has 8 rings (SSSR count). The number of hydrogen-bond acceptors (Lipinski definition) is 10. The van der Waals surface area contributed by atoms with Crippen molar-refractivity contribution in [1.82, 2.24) is 35.1 Å². The van der Waals surface area contributed by atoms with Crippen molar-refractivity contribution in [2.75, 3.05) is 40.9 Å². The highest BCUT2D eigenvalue weighted by atomic mass is 16.5. The number of esters is 1. The predicted molar refractivity (Wildman–Crippen MR) is 264 cm³/mol. The van der Waals surface area contributed by atoms with E-state index in [1.807, 2.05) is 64.2 Å². The van der Waals surface area contributed by atoms with E-state index >= 15 is 0 Å². The lowest BCUT2D eigenvalue weighted by atomic mass is 9.84. The Morgan fingerprint density at radius 1 is 1.09 bits per heavy atom. The van der Waals surface area contributed by atoms with Crippen LogP contribution in [0.5, 0.6) is 0 Å². The third kappa shape index (κ3) is 10.3. The Morgan fingerprint density at radius 2 is 1.84 bits per heavy atom. The van der Waals surface area contributed by atoms with Crippen LogP contribution < -0.4 is 10.7 Å². The summed E-state index contributed by atoms with van der Waals surface area (Å²) in [7, 11) is 5.45. The highest BCUT2D eigenvalue weighted by molar-refractivity contribution is 5.96. The van der Waals surface area contributed by atoms with Gasteiger partial charge < -0.3 is 29.1 Å². The maximum absolute atomic E-state index is 14.3. The lowest BCUT2D eigenvalue weighted by molar-refractivity contribution is -0.155. The monoisotopic (exact) mass is 930 g/mol. The molecule has 2 saturated heterocycles. The topological polar surface area (TPSA) is 155 Å². The molecule has 5 heterocycles. The summed E-state index contributed by atoms with van der Waals surface area (Å²) in [5.74, 6) is 0.0743. The highest BCUT2D eigenvalue weighted by Crippen LogP contribution is 2.53. The van der Waals surface area contributed by atoms with Gasteiger partial charge in [0.25, 0.3) is 5.91 Å². The number of likely N-dealkylation sites (tertiary alicyclic amines) is 1. The number of methoxy groups -OCH3 is 1. The van der Waals surface area contributed by atoms with Gasteiger partial charge in [-0.2, -0.15) is 0 Å². The van der Waals surface area contributed by atoms with Crippen molar-refractivity contribution in [1.29, 1.82) is 0 Å². The Bertz CT molecular complexity index is 2520. The Morgan fingerprint density at radius 3 is 2.50 bits per heavy atom. The normalized spacial score (nSPS) is 24.3. The van der Waals surface area contributed by atoms with E-state index < -0.39 is 29.5 Å². The number of aromatic nitrogens is 2. The number of likely N-dealkylation sites (N-methyl/N-ethyl adjacent to an activating group) is 1. The number of nitrogens with zero attached hydrogens (tertiary/aromatic N) is 5.